The highest BCUT2D eigenvalue weighted by molar-refractivity contribution is 7.21. The van der Waals surface area contributed by atoms with Gasteiger partial charge in [0.15, 0.2) is 5.13 Å². The molecule has 33 heavy (non-hydrogen) atoms. The lowest BCUT2D eigenvalue weighted by Gasteiger charge is -2.26. The second-order valence-electron chi connectivity index (χ2n) is 8.05. The normalized spacial score (nSPS) is 19.0. The number of hydrogen-bond donors (Lipinski definition) is 2. The van der Waals surface area contributed by atoms with E-state index in [2.05, 4.69) is 32.1 Å². The van der Waals surface area contributed by atoms with Crippen LogP contribution in [0.1, 0.15) is 12.1 Å². The largest absolute Gasteiger partial charge is 0.379 e. The molecule has 2 fully saturated rings. The van der Waals surface area contributed by atoms with E-state index in [9.17, 15) is 4.79 Å². The molecule has 2 aliphatic heterocycles. The van der Waals surface area contributed by atoms with Gasteiger partial charge in [-0.2, -0.15) is 4.98 Å². The van der Waals surface area contributed by atoms with E-state index in [4.69, 9.17) is 14.7 Å². The van der Waals surface area contributed by atoms with E-state index in [1.165, 1.54) is 17.4 Å². The summed E-state index contributed by atoms with van der Waals surface area (Å²) in [6, 6.07) is 5.87. The number of morpholine rings is 1. The van der Waals surface area contributed by atoms with E-state index < -0.39 is 0 Å². The Kier molecular flexibility index (Phi) is 6.42. The van der Waals surface area contributed by atoms with Crippen molar-refractivity contribution in [2.24, 2.45) is 0 Å². The van der Waals surface area contributed by atoms with Gasteiger partial charge in [-0.25, -0.2) is 15.0 Å². The number of thiazole rings is 1. The second kappa shape index (κ2) is 9.77. The Bertz CT molecular complexity index is 1110. The monoisotopic (exact) mass is 466 g/mol. The quantitative estimate of drug-likeness (QED) is 0.507. The summed E-state index contributed by atoms with van der Waals surface area (Å²) in [7, 11) is 0. The molecule has 3 aromatic heterocycles. The number of hydrogen-bond acceptors (Lipinski definition) is 10. The van der Waals surface area contributed by atoms with E-state index in [-0.39, 0.29) is 11.9 Å². The van der Waals surface area contributed by atoms with Gasteiger partial charge in [0.25, 0.3) is 0 Å². The molecular weight excluding hydrogens is 440 g/mol. The third-order valence-electron chi connectivity index (χ3n) is 5.68. The Balaban J connectivity index is 1.36. The van der Waals surface area contributed by atoms with Crippen LogP contribution >= 0.6 is 11.3 Å². The first kappa shape index (κ1) is 21.7. The van der Waals surface area contributed by atoms with Crippen LogP contribution in [0.2, 0.25) is 0 Å². The van der Waals surface area contributed by atoms with E-state index >= 15 is 0 Å². The van der Waals surface area contributed by atoms with Crippen LogP contribution < -0.4 is 10.6 Å². The topological polar surface area (TPSA) is 108 Å². The minimum absolute atomic E-state index is 0.0481. The zero-order chi connectivity index (χ0) is 22.6. The maximum absolute atomic E-state index is 11.9. The molecule has 0 spiro atoms. The number of likely N-dealkylation sites (tertiary alicyclic amines) is 1. The van der Waals surface area contributed by atoms with Crippen molar-refractivity contribution in [1.82, 2.24) is 29.7 Å². The number of anilines is 3. The van der Waals surface area contributed by atoms with Crippen LogP contribution in [-0.2, 0) is 16.1 Å². The van der Waals surface area contributed by atoms with Crippen LogP contribution in [0.5, 0.6) is 0 Å². The van der Waals surface area contributed by atoms with Crippen LogP contribution in [0.15, 0.2) is 37.1 Å². The molecule has 2 saturated heterocycles. The zero-order valence-corrected chi connectivity index (χ0v) is 19.1. The van der Waals surface area contributed by atoms with Crippen molar-refractivity contribution in [1.29, 1.82) is 0 Å². The summed E-state index contributed by atoms with van der Waals surface area (Å²) in [6.45, 7) is 8.80. The number of nitrogens with zero attached hydrogens (tertiary/aromatic N) is 6. The fourth-order valence-electron chi connectivity index (χ4n) is 4.02. The van der Waals surface area contributed by atoms with Gasteiger partial charge < -0.3 is 20.3 Å². The van der Waals surface area contributed by atoms with Crippen molar-refractivity contribution in [3.05, 3.63) is 42.7 Å². The molecule has 1 atom stereocenters. The van der Waals surface area contributed by atoms with Crippen molar-refractivity contribution < 1.29 is 9.53 Å². The molecule has 2 aliphatic rings. The van der Waals surface area contributed by atoms with E-state index in [1.54, 1.807) is 11.1 Å². The lowest BCUT2D eigenvalue weighted by Crippen LogP contribution is -2.36. The Labute approximate surface area is 195 Å². The van der Waals surface area contributed by atoms with Gasteiger partial charge in [-0.05, 0) is 24.6 Å². The molecule has 2 N–H and O–H groups in total. The fraction of sp³-hybridized carbons (Fsp3) is 0.409. The highest BCUT2D eigenvalue weighted by atomic mass is 32.1. The second-order valence-corrected chi connectivity index (χ2v) is 9.02. The highest BCUT2D eigenvalue weighted by Gasteiger charge is 2.25. The van der Waals surface area contributed by atoms with E-state index in [0.717, 1.165) is 53.9 Å². The molecule has 3 aromatic rings. The first-order valence-corrected chi connectivity index (χ1v) is 11.8. The molecule has 10 nitrogen and oxygen atoms in total. The summed E-state index contributed by atoms with van der Waals surface area (Å²) in [5, 5.41) is 7.48. The average Bonchev–Trinajstić information content (AvgIpc) is 3.45. The van der Waals surface area contributed by atoms with Crippen molar-refractivity contribution in [3.8, 4) is 0 Å². The van der Waals surface area contributed by atoms with Crippen molar-refractivity contribution in [2.45, 2.75) is 19.0 Å². The van der Waals surface area contributed by atoms with Crippen molar-refractivity contribution >= 4 is 44.5 Å². The van der Waals surface area contributed by atoms with Gasteiger partial charge in [0.1, 0.15) is 16.2 Å². The first-order valence-electron chi connectivity index (χ1n) is 11.0. The summed E-state index contributed by atoms with van der Waals surface area (Å²) in [5.41, 5.74) is 1.76. The molecule has 1 unspecified atom stereocenters. The molecule has 0 radical (unpaired) electrons. The molecule has 11 heteroatoms. The Morgan fingerprint density at radius 3 is 2.97 bits per heavy atom. The number of fused-ring (bicyclic) bond motifs is 1. The smallest absolute Gasteiger partial charge is 0.246 e. The molecule has 1 amide bonds. The number of ether oxygens (including phenoxy) is 1. The number of carbonyl (C=O) groups is 1. The molecule has 0 bridgehead atoms. The van der Waals surface area contributed by atoms with Gasteiger partial charge in [-0.1, -0.05) is 17.9 Å². The summed E-state index contributed by atoms with van der Waals surface area (Å²) in [5.74, 6) is 1.17. The maximum Gasteiger partial charge on any atom is 0.246 e. The van der Waals surface area contributed by atoms with Gasteiger partial charge in [-0.15, -0.1) is 0 Å². The molecule has 172 valence electrons. The fourth-order valence-corrected chi connectivity index (χ4v) is 4.83. The molecule has 0 aromatic carbocycles. The SMILES string of the molecule is C=CC(=O)N1CCC(Nc2nc(CN3CCOCC3)cc(Nc3nc4cccnc4s3)n2)C1. The number of carbonyl (C=O) groups excluding carboxylic acids is 1. The standard InChI is InChI=1S/C22H26N8O2S/c1-2-19(31)30-7-5-15(14-30)24-21-25-16(13-29-8-10-32-11-9-29)12-18(27-21)28-22-26-17-4-3-6-23-20(17)33-22/h2-4,6,12,15H,1,5,7-11,13-14H2,(H2,24,25,26,27,28). The van der Waals surface area contributed by atoms with E-state index in [1.807, 2.05) is 18.2 Å². The van der Waals surface area contributed by atoms with Crippen molar-refractivity contribution in [2.75, 3.05) is 50.0 Å². The summed E-state index contributed by atoms with van der Waals surface area (Å²) in [6.07, 6.45) is 3.96. The third-order valence-corrected chi connectivity index (χ3v) is 6.57. The Morgan fingerprint density at radius 1 is 1.27 bits per heavy atom. The Morgan fingerprint density at radius 2 is 2.15 bits per heavy atom. The number of nitrogens with one attached hydrogen (secondary N) is 2. The maximum atomic E-state index is 11.9. The predicted molar refractivity (Wildman–Crippen MR) is 128 cm³/mol. The van der Waals surface area contributed by atoms with Crippen LogP contribution in [0.4, 0.5) is 16.9 Å². The number of pyridine rings is 1. The average molecular weight is 467 g/mol. The third kappa shape index (κ3) is 5.27. The van der Waals surface area contributed by atoms with Gasteiger partial charge in [0.2, 0.25) is 11.9 Å². The summed E-state index contributed by atoms with van der Waals surface area (Å²) in [4.78, 5) is 35.3. The molecular formula is C22H26N8O2S. The lowest BCUT2D eigenvalue weighted by molar-refractivity contribution is -0.125. The number of amides is 1. The van der Waals surface area contributed by atoms with Gasteiger partial charge in [0.05, 0.1) is 18.9 Å². The molecule has 0 aliphatic carbocycles. The zero-order valence-electron chi connectivity index (χ0n) is 18.2. The van der Waals surface area contributed by atoms with Crippen LogP contribution in [0.3, 0.4) is 0 Å². The minimum Gasteiger partial charge on any atom is -0.379 e. The van der Waals surface area contributed by atoms with Crippen LogP contribution in [-0.4, -0.2) is 81.1 Å². The lowest BCUT2D eigenvalue weighted by atomic mass is 10.2. The summed E-state index contributed by atoms with van der Waals surface area (Å²) < 4.78 is 5.47. The van der Waals surface area contributed by atoms with Crippen LogP contribution in [0.25, 0.3) is 10.3 Å². The Hall–Kier alpha value is -3.15. The highest BCUT2D eigenvalue weighted by Crippen LogP contribution is 2.27. The number of rotatable bonds is 7. The molecule has 5 rings (SSSR count). The minimum atomic E-state index is -0.0481. The van der Waals surface area contributed by atoms with E-state index in [0.29, 0.717) is 31.4 Å². The van der Waals surface area contributed by atoms with Gasteiger partial charge >= 0.3 is 0 Å². The predicted octanol–water partition coefficient (Wildman–Crippen LogP) is 2.26. The summed E-state index contributed by atoms with van der Waals surface area (Å²) >= 11 is 1.48. The first-order chi connectivity index (χ1) is 16.2. The molecule has 5 heterocycles. The van der Waals surface area contributed by atoms with Crippen LogP contribution in [0, 0.1) is 0 Å². The molecule has 0 saturated carbocycles. The number of aromatic nitrogens is 4. The van der Waals surface area contributed by atoms with Gasteiger partial charge in [-0.3, -0.25) is 9.69 Å². The van der Waals surface area contributed by atoms with Gasteiger partial charge in [0, 0.05) is 51.0 Å². The van der Waals surface area contributed by atoms with Crippen molar-refractivity contribution in [3.63, 3.8) is 0 Å².